The van der Waals surface area contributed by atoms with Gasteiger partial charge in [0.15, 0.2) is 0 Å². The van der Waals surface area contributed by atoms with E-state index in [0.717, 1.165) is 0 Å². The van der Waals surface area contributed by atoms with Gasteiger partial charge in [-0.25, -0.2) is 0 Å². The zero-order valence-corrected chi connectivity index (χ0v) is 6.43. The Morgan fingerprint density at radius 3 is 2.08 bits per heavy atom. The molecule has 0 rings (SSSR count). The summed E-state index contributed by atoms with van der Waals surface area (Å²) in [4.78, 5) is 10.1. The molecule has 0 saturated heterocycles. The van der Waals surface area contributed by atoms with Crippen molar-refractivity contribution in [2.75, 3.05) is 0 Å². The van der Waals surface area contributed by atoms with Crippen LogP contribution in [0.1, 0.15) is 13.3 Å². The van der Waals surface area contributed by atoms with E-state index < -0.39 is 24.1 Å². The molecule has 0 heterocycles. The topological polar surface area (TPSA) is 63.3 Å². The molecule has 0 fully saturated rings. The van der Waals surface area contributed by atoms with E-state index >= 15 is 0 Å². The monoisotopic (exact) mass is 185 g/mol. The Hall–Kier alpha value is -0.780. The largest absolute Gasteiger partial charge is 0.480 e. The van der Waals surface area contributed by atoms with Crippen molar-refractivity contribution in [1.82, 2.24) is 0 Å². The molecule has 72 valence electrons. The first kappa shape index (κ1) is 11.2. The molecule has 0 aromatic rings. The van der Waals surface area contributed by atoms with Gasteiger partial charge in [0.05, 0.1) is 5.92 Å². The molecular formula is C6H10F3NO2. The van der Waals surface area contributed by atoms with Crippen LogP contribution in [-0.4, -0.2) is 23.3 Å². The Morgan fingerprint density at radius 1 is 1.58 bits per heavy atom. The number of alkyl halides is 3. The lowest BCUT2D eigenvalue weighted by atomic mass is 9.97. The molecule has 0 spiro atoms. The van der Waals surface area contributed by atoms with Crippen molar-refractivity contribution in [1.29, 1.82) is 0 Å². The Balaban J connectivity index is 4.45. The van der Waals surface area contributed by atoms with Crippen LogP contribution in [0.15, 0.2) is 0 Å². The minimum absolute atomic E-state index is 0.322. The van der Waals surface area contributed by atoms with Crippen LogP contribution in [0.2, 0.25) is 0 Å². The van der Waals surface area contributed by atoms with Crippen LogP contribution in [0.25, 0.3) is 0 Å². The van der Waals surface area contributed by atoms with E-state index in [0.29, 0.717) is 0 Å². The molecule has 0 saturated carbocycles. The zero-order chi connectivity index (χ0) is 9.94. The molecule has 3 N–H and O–H groups in total. The first-order valence-corrected chi connectivity index (χ1v) is 3.35. The van der Waals surface area contributed by atoms with Gasteiger partial charge in [0.1, 0.15) is 6.04 Å². The minimum Gasteiger partial charge on any atom is -0.480 e. The van der Waals surface area contributed by atoms with Crippen LogP contribution in [-0.2, 0) is 4.79 Å². The van der Waals surface area contributed by atoms with Gasteiger partial charge in [-0.15, -0.1) is 0 Å². The van der Waals surface area contributed by atoms with Gasteiger partial charge in [0, 0.05) is 0 Å². The third kappa shape index (κ3) is 2.69. The molecule has 3 nitrogen and oxygen atoms in total. The third-order valence-corrected chi connectivity index (χ3v) is 1.58. The van der Waals surface area contributed by atoms with E-state index in [1.54, 1.807) is 0 Å². The molecule has 6 heteroatoms. The zero-order valence-electron chi connectivity index (χ0n) is 6.43. The van der Waals surface area contributed by atoms with Gasteiger partial charge in [-0.1, -0.05) is 6.92 Å². The molecule has 0 aliphatic rings. The predicted molar refractivity (Wildman–Crippen MR) is 35.4 cm³/mol. The van der Waals surface area contributed by atoms with Crippen LogP contribution in [0.5, 0.6) is 0 Å². The number of aliphatic carboxylic acids is 1. The highest BCUT2D eigenvalue weighted by atomic mass is 19.4. The molecule has 0 aliphatic heterocycles. The van der Waals surface area contributed by atoms with E-state index in [-0.39, 0.29) is 6.42 Å². The van der Waals surface area contributed by atoms with Gasteiger partial charge in [0.2, 0.25) is 0 Å². The van der Waals surface area contributed by atoms with Gasteiger partial charge >= 0.3 is 12.1 Å². The molecule has 2 atom stereocenters. The summed E-state index contributed by atoms with van der Waals surface area (Å²) in [6.07, 6.45) is -4.86. The summed E-state index contributed by atoms with van der Waals surface area (Å²) in [5.41, 5.74) is 4.84. The van der Waals surface area contributed by atoms with Gasteiger partial charge in [-0.3, -0.25) is 4.79 Å². The summed E-state index contributed by atoms with van der Waals surface area (Å²) in [5.74, 6) is -3.59. The number of carboxylic acid groups (broad SMARTS) is 1. The molecule has 0 aromatic heterocycles. The summed E-state index contributed by atoms with van der Waals surface area (Å²) in [7, 11) is 0. The Kier molecular flexibility index (Phi) is 3.51. The van der Waals surface area contributed by atoms with Crippen molar-refractivity contribution in [2.45, 2.75) is 25.6 Å². The second-order valence-electron chi connectivity index (χ2n) is 2.42. The van der Waals surface area contributed by atoms with E-state index in [1.807, 2.05) is 0 Å². The summed E-state index contributed by atoms with van der Waals surface area (Å²) < 4.78 is 36.0. The fourth-order valence-electron chi connectivity index (χ4n) is 0.861. The number of hydrogen-bond acceptors (Lipinski definition) is 2. The Bertz CT molecular complexity index is 169. The van der Waals surface area contributed by atoms with E-state index in [9.17, 15) is 18.0 Å². The summed E-state index contributed by atoms with van der Waals surface area (Å²) in [6, 6.07) is -1.87. The fourth-order valence-corrected chi connectivity index (χ4v) is 0.861. The number of hydrogen-bond donors (Lipinski definition) is 2. The van der Waals surface area contributed by atoms with Crippen molar-refractivity contribution >= 4 is 5.97 Å². The quantitative estimate of drug-likeness (QED) is 0.689. The van der Waals surface area contributed by atoms with E-state index in [2.05, 4.69) is 0 Å². The number of carboxylic acids is 1. The average Bonchev–Trinajstić information content (AvgIpc) is 1.85. The van der Waals surface area contributed by atoms with Gasteiger partial charge in [0.25, 0.3) is 0 Å². The number of carbonyl (C=O) groups is 1. The molecule has 0 bridgehead atoms. The van der Waals surface area contributed by atoms with E-state index in [4.69, 9.17) is 10.8 Å². The van der Waals surface area contributed by atoms with E-state index in [1.165, 1.54) is 6.92 Å². The molecule has 0 unspecified atom stereocenters. The van der Waals surface area contributed by atoms with Crippen molar-refractivity contribution in [3.63, 3.8) is 0 Å². The lowest BCUT2D eigenvalue weighted by molar-refractivity contribution is -0.187. The Labute approximate surface area is 67.4 Å². The van der Waals surface area contributed by atoms with Crippen LogP contribution in [0.4, 0.5) is 13.2 Å². The van der Waals surface area contributed by atoms with Gasteiger partial charge in [-0.05, 0) is 6.42 Å². The third-order valence-electron chi connectivity index (χ3n) is 1.58. The van der Waals surface area contributed by atoms with Gasteiger partial charge < -0.3 is 10.8 Å². The highest BCUT2D eigenvalue weighted by molar-refractivity contribution is 5.73. The van der Waals surface area contributed by atoms with Gasteiger partial charge in [-0.2, -0.15) is 13.2 Å². The lowest BCUT2D eigenvalue weighted by Gasteiger charge is -2.21. The SMILES string of the molecule is CC[C@@H]([C@@H](N)C(=O)O)C(F)(F)F. The second kappa shape index (κ2) is 3.75. The summed E-state index contributed by atoms with van der Waals surface area (Å²) in [5, 5.41) is 8.22. The first-order chi connectivity index (χ1) is 5.30. The maximum absolute atomic E-state index is 12.0. The standard InChI is InChI=1S/C6H10F3NO2/c1-2-3(6(7,8)9)4(10)5(11)12/h3-4H,2,10H2,1H3,(H,11,12)/t3-,4+/m0/s1. The predicted octanol–water partition coefficient (Wildman–Crippen LogP) is 0.987. The Morgan fingerprint density at radius 2 is 2.00 bits per heavy atom. The molecular weight excluding hydrogens is 175 g/mol. The highest BCUT2D eigenvalue weighted by Gasteiger charge is 2.44. The highest BCUT2D eigenvalue weighted by Crippen LogP contribution is 2.30. The minimum atomic E-state index is -4.54. The number of halogens is 3. The molecule has 0 aliphatic carbocycles. The second-order valence-corrected chi connectivity index (χ2v) is 2.42. The van der Waals surface area contributed by atoms with Crippen LogP contribution < -0.4 is 5.73 Å². The maximum atomic E-state index is 12.0. The maximum Gasteiger partial charge on any atom is 0.393 e. The molecule has 12 heavy (non-hydrogen) atoms. The molecule has 0 aromatic carbocycles. The van der Waals surface area contributed by atoms with Crippen LogP contribution in [0.3, 0.4) is 0 Å². The molecule has 0 amide bonds. The molecule has 0 radical (unpaired) electrons. The lowest BCUT2D eigenvalue weighted by Crippen LogP contribution is -2.44. The first-order valence-electron chi connectivity index (χ1n) is 3.35. The summed E-state index contributed by atoms with van der Waals surface area (Å²) >= 11 is 0. The van der Waals surface area contributed by atoms with Crippen molar-refractivity contribution in [3.8, 4) is 0 Å². The summed E-state index contributed by atoms with van der Waals surface area (Å²) in [6.45, 7) is 1.25. The van der Waals surface area contributed by atoms with Crippen molar-refractivity contribution in [2.24, 2.45) is 11.7 Å². The van der Waals surface area contributed by atoms with Crippen molar-refractivity contribution in [3.05, 3.63) is 0 Å². The number of nitrogens with two attached hydrogens (primary N) is 1. The van der Waals surface area contributed by atoms with Crippen molar-refractivity contribution < 1.29 is 23.1 Å². The number of rotatable bonds is 3. The normalized spacial score (nSPS) is 17.1. The average molecular weight is 185 g/mol. The van der Waals surface area contributed by atoms with Crippen LogP contribution in [0, 0.1) is 5.92 Å². The smallest absolute Gasteiger partial charge is 0.393 e. The fraction of sp³-hybridized carbons (Fsp3) is 0.833. The van der Waals surface area contributed by atoms with Crippen LogP contribution >= 0.6 is 0 Å².